The summed E-state index contributed by atoms with van der Waals surface area (Å²) in [7, 11) is 3.21. The molecule has 0 fully saturated rings. The van der Waals surface area contributed by atoms with Crippen LogP contribution in [-0.2, 0) is 13.0 Å². The van der Waals surface area contributed by atoms with E-state index in [1.165, 1.54) is 4.90 Å². The fourth-order valence-electron chi connectivity index (χ4n) is 3.39. The van der Waals surface area contributed by atoms with Crippen molar-refractivity contribution in [2.45, 2.75) is 32.4 Å². The number of carbonyl (C=O) groups is 1. The Kier molecular flexibility index (Phi) is 8.41. The van der Waals surface area contributed by atoms with Gasteiger partial charge in [-0.05, 0) is 55.2 Å². The van der Waals surface area contributed by atoms with Gasteiger partial charge in [0.1, 0.15) is 17.1 Å². The highest BCUT2D eigenvalue weighted by Crippen LogP contribution is 2.24. The molecule has 34 heavy (non-hydrogen) atoms. The Balaban J connectivity index is 1.74. The van der Waals surface area contributed by atoms with Crippen molar-refractivity contribution in [3.63, 3.8) is 0 Å². The van der Waals surface area contributed by atoms with E-state index in [4.69, 9.17) is 27.9 Å². The van der Waals surface area contributed by atoms with E-state index in [1.807, 2.05) is 25.1 Å². The molecule has 0 saturated heterocycles. The smallest absolute Gasteiger partial charge is 0.326 e. The molecule has 1 aromatic heterocycles. The van der Waals surface area contributed by atoms with Crippen molar-refractivity contribution >= 4 is 34.8 Å². The molecule has 1 atom stereocenters. The third kappa shape index (κ3) is 6.21. The summed E-state index contributed by atoms with van der Waals surface area (Å²) in [6.45, 7) is 2.17. The van der Waals surface area contributed by atoms with Gasteiger partial charge in [-0.3, -0.25) is 14.6 Å². The lowest BCUT2D eigenvalue weighted by atomic mass is 10.1. The first-order valence-corrected chi connectivity index (χ1v) is 11.4. The highest BCUT2D eigenvalue weighted by molar-refractivity contribution is 6.42. The standard InChI is InChI=1S/C24H26Cl2N4O4/c1-14(4-5-15-8-11-18(25)19(26)12-15)30(2)23(32)21-20(22(31)29-24(33)28-21)27-13-16-6-9-17(34-3)10-7-16/h6-12,14,27H,4-5,13H2,1-3H3,(H2,28,29,31,33)/t14-/m1/s1. The molecule has 0 saturated carbocycles. The fraction of sp³-hybridized carbons (Fsp3) is 0.292. The first-order valence-electron chi connectivity index (χ1n) is 10.6. The van der Waals surface area contributed by atoms with Crippen LogP contribution < -0.4 is 21.3 Å². The van der Waals surface area contributed by atoms with Crippen LogP contribution in [0.25, 0.3) is 0 Å². The molecule has 0 radical (unpaired) electrons. The number of methoxy groups -OCH3 is 1. The zero-order valence-corrected chi connectivity index (χ0v) is 20.6. The predicted octanol–water partition coefficient (Wildman–Crippen LogP) is 4.08. The lowest BCUT2D eigenvalue weighted by Gasteiger charge is -2.25. The van der Waals surface area contributed by atoms with Gasteiger partial charge in [-0.1, -0.05) is 41.4 Å². The second kappa shape index (κ2) is 11.3. The van der Waals surface area contributed by atoms with Gasteiger partial charge in [0.2, 0.25) is 0 Å². The third-order valence-electron chi connectivity index (χ3n) is 5.60. The van der Waals surface area contributed by atoms with Crippen LogP contribution in [0, 0.1) is 0 Å². The number of ether oxygens (including phenoxy) is 1. The molecule has 0 spiro atoms. The van der Waals surface area contributed by atoms with Crippen LogP contribution in [0.3, 0.4) is 0 Å². The number of benzene rings is 2. The van der Waals surface area contributed by atoms with Crippen LogP contribution in [0.4, 0.5) is 5.69 Å². The molecular formula is C24H26Cl2N4O4. The Labute approximate surface area is 206 Å². The zero-order valence-electron chi connectivity index (χ0n) is 19.1. The number of anilines is 1. The summed E-state index contributed by atoms with van der Waals surface area (Å²) in [6, 6.07) is 12.5. The highest BCUT2D eigenvalue weighted by Gasteiger charge is 2.23. The van der Waals surface area contributed by atoms with E-state index in [0.717, 1.165) is 11.1 Å². The summed E-state index contributed by atoms with van der Waals surface area (Å²) in [4.78, 5) is 43.8. The Morgan fingerprint density at radius 1 is 1.06 bits per heavy atom. The van der Waals surface area contributed by atoms with E-state index in [-0.39, 0.29) is 24.0 Å². The van der Waals surface area contributed by atoms with Crippen molar-refractivity contribution < 1.29 is 9.53 Å². The second-order valence-electron chi connectivity index (χ2n) is 7.91. The van der Waals surface area contributed by atoms with E-state index in [9.17, 15) is 14.4 Å². The summed E-state index contributed by atoms with van der Waals surface area (Å²) >= 11 is 12.1. The normalized spacial score (nSPS) is 11.7. The van der Waals surface area contributed by atoms with Gasteiger partial charge in [0.25, 0.3) is 11.5 Å². The van der Waals surface area contributed by atoms with Crippen molar-refractivity contribution in [1.82, 2.24) is 14.9 Å². The third-order valence-corrected chi connectivity index (χ3v) is 6.34. The topological polar surface area (TPSA) is 107 Å². The predicted molar refractivity (Wildman–Crippen MR) is 134 cm³/mol. The Morgan fingerprint density at radius 2 is 1.74 bits per heavy atom. The molecular weight excluding hydrogens is 479 g/mol. The molecule has 0 aliphatic carbocycles. The average Bonchev–Trinajstić information content (AvgIpc) is 2.83. The highest BCUT2D eigenvalue weighted by atomic mass is 35.5. The van der Waals surface area contributed by atoms with Crippen molar-refractivity contribution in [1.29, 1.82) is 0 Å². The number of carbonyl (C=O) groups excluding carboxylic acids is 1. The average molecular weight is 505 g/mol. The Bertz CT molecular complexity index is 1270. The lowest BCUT2D eigenvalue weighted by Crippen LogP contribution is -2.39. The van der Waals surface area contributed by atoms with Gasteiger partial charge in [-0.2, -0.15) is 0 Å². The number of H-pyrrole nitrogens is 2. The van der Waals surface area contributed by atoms with Crippen molar-refractivity contribution in [2.75, 3.05) is 19.5 Å². The molecule has 10 heteroatoms. The largest absolute Gasteiger partial charge is 0.497 e. The molecule has 3 N–H and O–H groups in total. The summed E-state index contributed by atoms with van der Waals surface area (Å²) in [5.41, 5.74) is 0.356. The number of aryl methyl sites for hydroxylation is 1. The summed E-state index contributed by atoms with van der Waals surface area (Å²) < 4.78 is 5.14. The van der Waals surface area contributed by atoms with E-state index >= 15 is 0 Å². The summed E-state index contributed by atoms with van der Waals surface area (Å²) in [6.07, 6.45) is 1.31. The van der Waals surface area contributed by atoms with Gasteiger partial charge in [0.15, 0.2) is 0 Å². The summed E-state index contributed by atoms with van der Waals surface area (Å²) in [5.74, 6) is 0.236. The number of amides is 1. The summed E-state index contributed by atoms with van der Waals surface area (Å²) in [5, 5.41) is 3.94. The van der Waals surface area contributed by atoms with Crippen LogP contribution in [-0.4, -0.2) is 41.0 Å². The van der Waals surface area contributed by atoms with E-state index < -0.39 is 17.2 Å². The minimum atomic E-state index is -0.750. The van der Waals surface area contributed by atoms with Crippen LogP contribution in [0.15, 0.2) is 52.1 Å². The van der Waals surface area contributed by atoms with E-state index in [2.05, 4.69) is 15.3 Å². The van der Waals surface area contributed by atoms with Gasteiger partial charge in [-0.15, -0.1) is 0 Å². The van der Waals surface area contributed by atoms with Gasteiger partial charge < -0.3 is 19.9 Å². The second-order valence-corrected chi connectivity index (χ2v) is 8.73. The first kappa shape index (κ1) is 25.4. The molecule has 0 aliphatic heterocycles. The van der Waals surface area contributed by atoms with Crippen molar-refractivity contribution in [3.8, 4) is 5.75 Å². The fourth-order valence-corrected chi connectivity index (χ4v) is 3.71. The number of hydrogen-bond acceptors (Lipinski definition) is 5. The maximum atomic E-state index is 13.2. The Morgan fingerprint density at radius 3 is 2.38 bits per heavy atom. The van der Waals surface area contributed by atoms with Crippen LogP contribution >= 0.6 is 23.2 Å². The minimum absolute atomic E-state index is 0.00366. The van der Waals surface area contributed by atoms with Crippen LogP contribution in [0.2, 0.25) is 10.0 Å². The number of rotatable bonds is 9. The molecule has 0 bridgehead atoms. The molecule has 1 amide bonds. The molecule has 8 nitrogen and oxygen atoms in total. The number of nitrogens with one attached hydrogen (secondary N) is 3. The molecule has 1 heterocycles. The molecule has 180 valence electrons. The van der Waals surface area contributed by atoms with Gasteiger partial charge in [-0.25, -0.2) is 4.79 Å². The quantitative estimate of drug-likeness (QED) is 0.406. The van der Waals surface area contributed by atoms with Gasteiger partial charge in [0.05, 0.1) is 17.2 Å². The van der Waals surface area contributed by atoms with Crippen molar-refractivity contribution in [2.24, 2.45) is 0 Å². The molecule has 0 aliphatic rings. The number of halogens is 2. The van der Waals surface area contributed by atoms with E-state index in [1.54, 1.807) is 38.4 Å². The SMILES string of the molecule is COc1ccc(CNc2c(C(=O)N(C)[C@H](C)CCc3ccc(Cl)c(Cl)c3)[nH]c(=O)[nH]c2=O)cc1. The minimum Gasteiger partial charge on any atom is -0.497 e. The molecule has 0 unspecified atom stereocenters. The first-order chi connectivity index (χ1) is 16.2. The van der Waals surface area contributed by atoms with Crippen LogP contribution in [0.1, 0.15) is 35.0 Å². The molecule has 3 rings (SSSR count). The van der Waals surface area contributed by atoms with Crippen LogP contribution in [0.5, 0.6) is 5.75 Å². The van der Waals surface area contributed by atoms with Crippen molar-refractivity contribution in [3.05, 3.63) is 90.2 Å². The lowest BCUT2D eigenvalue weighted by molar-refractivity contribution is 0.0731. The number of nitrogens with zero attached hydrogens (tertiary/aromatic N) is 1. The maximum absolute atomic E-state index is 13.2. The number of aromatic nitrogens is 2. The number of hydrogen-bond donors (Lipinski definition) is 3. The Hall–Kier alpha value is -3.23. The molecule has 2 aromatic carbocycles. The number of aromatic amines is 2. The monoisotopic (exact) mass is 504 g/mol. The van der Waals surface area contributed by atoms with Gasteiger partial charge in [0, 0.05) is 19.6 Å². The molecule has 3 aromatic rings. The zero-order chi connectivity index (χ0) is 24.8. The maximum Gasteiger partial charge on any atom is 0.326 e. The van der Waals surface area contributed by atoms with Gasteiger partial charge >= 0.3 is 5.69 Å². The van der Waals surface area contributed by atoms with E-state index in [0.29, 0.717) is 28.6 Å².